The van der Waals surface area contributed by atoms with Gasteiger partial charge >= 0.3 is 5.97 Å². The Kier molecular flexibility index (Phi) is 4.73. The highest BCUT2D eigenvalue weighted by atomic mass is 16.4. The molecule has 5 heteroatoms. The Bertz CT molecular complexity index is 673. The molecule has 112 valence electrons. The van der Waals surface area contributed by atoms with Crippen LogP contribution in [0.15, 0.2) is 18.2 Å². The van der Waals surface area contributed by atoms with Crippen LogP contribution in [0.2, 0.25) is 0 Å². The van der Waals surface area contributed by atoms with Crippen LogP contribution in [0.5, 0.6) is 0 Å². The first-order valence-corrected chi connectivity index (χ1v) is 7.20. The summed E-state index contributed by atoms with van der Waals surface area (Å²) in [6.07, 6.45) is 1.79. The molecule has 0 aliphatic carbocycles. The van der Waals surface area contributed by atoms with Crippen molar-refractivity contribution in [2.75, 3.05) is 0 Å². The van der Waals surface area contributed by atoms with Crippen molar-refractivity contribution >= 4 is 22.8 Å². The Morgan fingerprint density at radius 2 is 2.05 bits per heavy atom. The van der Waals surface area contributed by atoms with Crippen LogP contribution in [0.4, 0.5) is 0 Å². The summed E-state index contributed by atoms with van der Waals surface area (Å²) in [5.41, 5.74) is 3.04. The fraction of sp³-hybridized carbons (Fsp3) is 0.438. The van der Waals surface area contributed by atoms with Gasteiger partial charge < -0.3 is 9.67 Å². The van der Waals surface area contributed by atoms with Crippen LogP contribution in [0, 0.1) is 0 Å². The topological polar surface area (TPSA) is 72.2 Å². The van der Waals surface area contributed by atoms with Gasteiger partial charge in [-0.2, -0.15) is 0 Å². The molecule has 0 saturated heterocycles. The number of hydrogen-bond donors (Lipinski definition) is 1. The minimum atomic E-state index is -0.838. The fourth-order valence-corrected chi connectivity index (χ4v) is 2.37. The minimum absolute atomic E-state index is 0.0457. The van der Waals surface area contributed by atoms with Gasteiger partial charge in [0.05, 0.1) is 17.5 Å². The number of ketones is 1. The molecule has 0 aliphatic heterocycles. The van der Waals surface area contributed by atoms with E-state index >= 15 is 0 Å². The highest BCUT2D eigenvalue weighted by Gasteiger charge is 2.13. The second-order valence-corrected chi connectivity index (χ2v) is 5.20. The maximum Gasteiger partial charge on any atom is 0.303 e. The molecule has 0 atom stereocenters. The first-order valence-electron chi connectivity index (χ1n) is 7.20. The van der Waals surface area contributed by atoms with Gasteiger partial charge in [-0.1, -0.05) is 13.0 Å². The average Bonchev–Trinajstić information content (AvgIpc) is 2.79. The lowest BCUT2D eigenvalue weighted by atomic mass is 10.1. The van der Waals surface area contributed by atoms with Gasteiger partial charge in [-0.3, -0.25) is 9.59 Å². The van der Waals surface area contributed by atoms with Crippen LogP contribution in [-0.2, 0) is 29.0 Å². The molecule has 5 nitrogen and oxygen atoms in total. The molecule has 0 spiro atoms. The molecule has 0 radical (unpaired) electrons. The maximum absolute atomic E-state index is 11.2. The Morgan fingerprint density at radius 1 is 1.29 bits per heavy atom. The molecule has 1 N–H and O–H groups in total. The molecule has 0 fully saturated rings. The average molecular weight is 288 g/mol. The van der Waals surface area contributed by atoms with E-state index in [0.29, 0.717) is 19.4 Å². The van der Waals surface area contributed by atoms with Gasteiger partial charge in [-0.05, 0) is 31.0 Å². The summed E-state index contributed by atoms with van der Waals surface area (Å²) in [5.74, 6) is 0.0162. The van der Waals surface area contributed by atoms with Crippen molar-refractivity contribution in [3.05, 3.63) is 29.6 Å². The SMILES string of the molecule is CCc1ccc2c(c1)nc(CCC(=O)O)n2CCC(C)=O. The number of aromatic nitrogens is 2. The maximum atomic E-state index is 11.2. The first kappa shape index (κ1) is 15.2. The molecule has 0 bridgehead atoms. The highest BCUT2D eigenvalue weighted by molar-refractivity contribution is 5.78. The van der Waals surface area contributed by atoms with Gasteiger partial charge in [0, 0.05) is 19.4 Å². The number of carboxylic acid groups (broad SMARTS) is 1. The van der Waals surface area contributed by atoms with Crippen LogP contribution in [0.25, 0.3) is 11.0 Å². The van der Waals surface area contributed by atoms with Gasteiger partial charge in [0.25, 0.3) is 0 Å². The van der Waals surface area contributed by atoms with E-state index in [2.05, 4.69) is 18.0 Å². The molecule has 1 heterocycles. The highest BCUT2D eigenvalue weighted by Crippen LogP contribution is 2.20. The van der Waals surface area contributed by atoms with Gasteiger partial charge in [0.2, 0.25) is 0 Å². The van der Waals surface area contributed by atoms with Crippen LogP contribution in [-0.4, -0.2) is 26.4 Å². The minimum Gasteiger partial charge on any atom is -0.481 e. The molecule has 2 rings (SSSR count). The Hall–Kier alpha value is -2.17. The summed E-state index contributed by atoms with van der Waals surface area (Å²) in [6.45, 7) is 4.19. The van der Waals surface area contributed by atoms with Crippen molar-refractivity contribution in [2.45, 2.75) is 46.1 Å². The van der Waals surface area contributed by atoms with Gasteiger partial charge in [-0.15, -0.1) is 0 Å². The Balaban J connectivity index is 2.39. The molecule has 2 aromatic rings. The van der Waals surface area contributed by atoms with Crippen molar-refractivity contribution in [2.24, 2.45) is 0 Å². The molecule has 0 unspecified atom stereocenters. The van der Waals surface area contributed by atoms with Crippen molar-refractivity contribution in [1.82, 2.24) is 9.55 Å². The third kappa shape index (κ3) is 3.68. The predicted molar refractivity (Wildman–Crippen MR) is 80.4 cm³/mol. The summed E-state index contributed by atoms with van der Waals surface area (Å²) in [7, 11) is 0. The second kappa shape index (κ2) is 6.52. The summed E-state index contributed by atoms with van der Waals surface area (Å²) in [4.78, 5) is 26.6. The number of benzene rings is 1. The number of fused-ring (bicyclic) bond motifs is 1. The van der Waals surface area contributed by atoms with Gasteiger partial charge in [-0.25, -0.2) is 4.98 Å². The number of hydrogen-bond acceptors (Lipinski definition) is 3. The third-order valence-corrected chi connectivity index (χ3v) is 3.55. The number of aryl methyl sites for hydroxylation is 3. The van der Waals surface area contributed by atoms with E-state index in [9.17, 15) is 9.59 Å². The largest absolute Gasteiger partial charge is 0.481 e. The van der Waals surface area contributed by atoms with E-state index in [-0.39, 0.29) is 12.2 Å². The fourth-order valence-electron chi connectivity index (χ4n) is 2.37. The first-order chi connectivity index (χ1) is 10.0. The lowest BCUT2D eigenvalue weighted by Crippen LogP contribution is -2.09. The number of carbonyl (C=O) groups excluding carboxylic acids is 1. The van der Waals surface area contributed by atoms with Crippen molar-refractivity contribution in [1.29, 1.82) is 0 Å². The molecular formula is C16H20N2O3. The van der Waals surface area contributed by atoms with Crippen LogP contribution < -0.4 is 0 Å². The Morgan fingerprint density at radius 3 is 2.67 bits per heavy atom. The van der Waals surface area contributed by atoms with Gasteiger partial charge in [0.15, 0.2) is 0 Å². The van der Waals surface area contributed by atoms with E-state index in [4.69, 9.17) is 5.11 Å². The number of carbonyl (C=O) groups is 2. The summed E-state index contributed by atoms with van der Waals surface area (Å²) < 4.78 is 1.97. The molecule has 0 aliphatic rings. The van der Waals surface area contributed by atoms with E-state index in [1.165, 1.54) is 5.56 Å². The molecule has 0 saturated carbocycles. The molecular weight excluding hydrogens is 268 g/mol. The van der Waals surface area contributed by atoms with Crippen LogP contribution in [0.3, 0.4) is 0 Å². The zero-order valence-corrected chi connectivity index (χ0v) is 12.4. The zero-order valence-electron chi connectivity index (χ0n) is 12.4. The summed E-state index contributed by atoms with van der Waals surface area (Å²) in [5, 5.41) is 8.85. The predicted octanol–water partition coefficient (Wildman–Crippen LogP) is 2.59. The number of rotatable bonds is 7. The Labute approximate surface area is 123 Å². The number of Topliss-reactive ketones (excluding diaryl/α,β-unsaturated/α-hetero) is 1. The van der Waals surface area contributed by atoms with Crippen LogP contribution in [0.1, 0.15) is 38.1 Å². The molecule has 0 amide bonds. The standard InChI is InChI=1S/C16H20N2O3/c1-3-12-4-5-14-13(10-12)17-15(6-7-16(20)21)18(14)9-8-11(2)19/h4-5,10H,3,6-9H2,1-2H3,(H,20,21). The monoisotopic (exact) mass is 288 g/mol. The number of aliphatic carboxylic acids is 1. The van der Waals surface area contributed by atoms with E-state index in [1.54, 1.807) is 6.92 Å². The number of imidazole rings is 1. The van der Waals surface area contributed by atoms with E-state index < -0.39 is 5.97 Å². The van der Waals surface area contributed by atoms with E-state index in [0.717, 1.165) is 23.3 Å². The van der Waals surface area contributed by atoms with Crippen molar-refractivity contribution < 1.29 is 14.7 Å². The normalized spacial score (nSPS) is 11.0. The quantitative estimate of drug-likeness (QED) is 0.850. The summed E-state index contributed by atoms with van der Waals surface area (Å²) in [6, 6.07) is 6.09. The third-order valence-electron chi connectivity index (χ3n) is 3.55. The molecule has 1 aromatic carbocycles. The molecule has 21 heavy (non-hydrogen) atoms. The smallest absolute Gasteiger partial charge is 0.303 e. The van der Waals surface area contributed by atoms with Crippen molar-refractivity contribution in [3.8, 4) is 0 Å². The second-order valence-electron chi connectivity index (χ2n) is 5.20. The van der Waals surface area contributed by atoms with Crippen molar-refractivity contribution in [3.63, 3.8) is 0 Å². The summed E-state index contributed by atoms with van der Waals surface area (Å²) >= 11 is 0. The van der Waals surface area contributed by atoms with Gasteiger partial charge in [0.1, 0.15) is 11.6 Å². The number of carboxylic acids is 1. The zero-order chi connectivity index (χ0) is 15.4. The lowest BCUT2D eigenvalue weighted by Gasteiger charge is -2.07. The molecule has 1 aromatic heterocycles. The van der Waals surface area contributed by atoms with E-state index in [1.807, 2.05) is 16.7 Å². The number of nitrogens with zero attached hydrogens (tertiary/aromatic N) is 2. The van der Waals surface area contributed by atoms with Crippen LogP contribution >= 0.6 is 0 Å². The lowest BCUT2D eigenvalue weighted by molar-refractivity contribution is -0.137.